The molecule has 1 aromatic rings. The zero-order chi connectivity index (χ0) is 11.8. The number of hydrogen-bond donors (Lipinski definition) is 0. The van der Waals surface area contributed by atoms with Gasteiger partial charge in [0.15, 0.2) is 0 Å². The number of ether oxygens (including phenoxy) is 1. The van der Waals surface area contributed by atoms with Gasteiger partial charge in [0.25, 0.3) is 0 Å². The third-order valence-electron chi connectivity index (χ3n) is 2.62. The average molecular weight is 220 g/mol. The Balaban J connectivity index is 2.44. The minimum absolute atomic E-state index is 0.0900. The van der Waals surface area contributed by atoms with Gasteiger partial charge >= 0.3 is 5.97 Å². The normalized spacial score (nSPS) is 10.1. The molecule has 0 unspecified atom stereocenters. The summed E-state index contributed by atoms with van der Waals surface area (Å²) < 4.78 is 5.23. The molecule has 1 rings (SSSR count). The SMILES string of the molecule is CCCCC(=O)OCc1ccccc1CC. The van der Waals surface area contributed by atoms with E-state index in [1.54, 1.807) is 0 Å². The smallest absolute Gasteiger partial charge is 0.306 e. The van der Waals surface area contributed by atoms with E-state index in [2.05, 4.69) is 19.9 Å². The number of carbonyl (C=O) groups excluding carboxylic acids is 1. The maximum absolute atomic E-state index is 11.4. The third kappa shape index (κ3) is 4.05. The summed E-state index contributed by atoms with van der Waals surface area (Å²) in [5.41, 5.74) is 2.38. The molecule has 0 saturated heterocycles. The van der Waals surface area contributed by atoms with Gasteiger partial charge in [-0.05, 0) is 24.0 Å². The quantitative estimate of drug-likeness (QED) is 0.686. The van der Waals surface area contributed by atoms with Crippen molar-refractivity contribution in [3.8, 4) is 0 Å². The Morgan fingerprint density at radius 3 is 2.50 bits per heavy atom. The van der Waals surface area contributed by atoms with E-state index in [0.717, 1.165) is 24.8 Å². The van der Waals surface area contributed by atoms with Gasteiger partial charge in [0.1, 0.15) is 6.61 Å². The molecule has 0 radical (unpaired) electrons. The molecule has 0 aliphatic rings. The minimum Gasteiger partial charge on any atom is -0.461 e. The number of rotatable bonds is 6. The molecule has 2 heteroatoms. The van der Waals surface area contributed by atoms with E-state index in [-0.39, 0.29) is 5.97 Å². The molecule has 0 fully saturated rings. The van der Waals surface area contributed by atoms with Crippen molar-refractivity contribution in [2.45, 2.75) is 46.1 Å². The van der Waals surface area contributed by atoms with Gasteiger partial charge in [-0.15, -0.1) is 0 Å². The first-order valence-corrected chi connectivity index (χ1v) is 6.00. The van der Waals surface area contributed by atoms with E-state index in [4.69, 9.17) is 4.74 Å². The first-order valence-electron chi connectivity index (χ1n) is 6.00. The second-order valence-corrected chi connectivity index (χ2v) is 3.89. The number of carbonyl (C=O) groups is 1. The summed E-state index contributed by atoms with van der Waals surface area (Å²) in [5.74, 6) is -0.0900. The minimum atomic E-state index is -0.0900. The molecule has 0 aliphatic carbocycles. The van der Waals surface area contributed by atoms with Gasteiger partial charge in [-0.25, -0.2) is 0 Å². The Hall–Kier alpha value is -1.31. The highest BCUT2D eigenvalue weighted by atomic mass is 16.5. The molecule has 0 N–H and O–H groups in total. The van der Waals surface area contributed by atoms with E-state index < -0.39 is 0 Å². The van der Waals surface area contributed by atoms with E-state index in [0.29, 0.717) is 13.0 Å². The van der Waals surface area contributed by atoms with Crippen molar-refractivity contribution in [2.75, 3.05) is 0 Å². The van der Waals surface area contributed by atoms with Crippen molar-refractivity contribution in [3.63, 3.8) is 0 Å². The molecule has 0 atom stereocenters. The Morgan fingerprint density at radius 2 is 1.88 bits per heavy atom. The number of benzene rings is 1. The van der Waals surface area contributed by atoms with Gasteiger partial charge in [-0.2, -0.15) is 0 Å². The molecule has 0 heterocycles. The largest absolute Gasteiger partial charge is 0.461 e. The van der Waals surface area contributed by atoms with Crippen LogP contribution in [0.2, 0.25) is 0 Å². The molecule has 2 nitrogen and oxygen atoms in total. The molecular formula is C14H20O2. The summed E-state index contributed by atoms with van der Waals surface area (Å²) >= 11 is 0. The summed E-state index contributed by atoms with van der Waals surface area (Å²) in [4.78, 5) is 11.4. The molecule has 0 spiro atoms. The molecule has 16 heavy (non-hydrogen) atoms. The molecule has 0 bridgehead atoms. The number of aryl methyl sites for hydroxylation is 1. The highest BCUT2D eigenvalue weighted by Crippen LogP contribution is 2.11. The third-order valence-corrected chi connectivity index (χ3v) is 2.62. The molecule has 0 aliphatic heterocycles. The van der Waals surface area contributed by atoms with Gasteiger partial charge in [-0.3, -0.25) is 4.79 Å². The van der Waals surface area contributed by atoms with Crippen LogP contribution >= 0.6 is 0 Å². The number of unbranched alkanes of at least 4 members (excludes halogenated alkanes) is 1. The summed E-state index contributed by atoms with van der Waals surface area (Å²) in [7, 11) is 0. The predicted octanol–water partition coefficient (Wildman–Crippen LogP) is 3.48. The van der Waals surface area contributed by atoms with E-state index in [1.807, 2.05) is 18.2 Å². The Labute approximate surface area is 97.6 Å². The fourth-order valence-electron chi connectivity index (χ4n) is 1.59. The van der Waals surface area contributed by atoms with Crippen LogP contribution in [0.15, 0.2) is 24.3 Å². The first kappa shape index (κ1) is 12.8. The number of hydrogen-bond acceptors (Lipinski definition) is 2. The van der Waals surface area contributed by atoms with Crippen LogP contribution in [0.3, 0.4) is 0 Å². The maximum atomic E-state index is 11.4. The highest BCUT2D eigenvalue weighted by molar-refractivity contribution is 5.69. The molecule has 0 amide bonds. The first-order chi connectivity index (χ1) is 7.77. The standard InChI is InChI=1S/C14H20O2/c1-3-5-10-14(15)16-11-13-9-7-6-8-12(13)4-2/h6-9H,3-5,10-11H2,1-2H3. The second kappa shape index (κ2) is 7.04. The summed E-state index contributed by atoms with van der Waals surface area (Å²) in [5, 5.41) is 0. The van der Waals surface area contributed by atoms with Crippen LogP contribution in [0, 0.1) is 0 Å². The molecule has 88 valence electrons. The van der Waals surface area contributed by atoms with Crippen molar-refractivity contribution in [3.05, 3.63) is 35.4 Å². The maximum Gasteiger partial charge on any atom is 0.306 e. The molecular weight excluding hydrogens is 200 g/mol. The molecule has 0 saturated carbocycles. The van der Waals surface area contributed by atoms with E-state index in [9.17, 15) is 4.79 Å². The van der Waals surface area contributed by atoms with Gasteiger partial charge < -0.3 is 4.74 Å². The van der Waals surface area contributed by atoms with Gasteiger partial charge in [0.2, 0.25) is 0 Å². The summed E-state index contributed by atoms with van der Waals surface area (Å²) in [6, 6.07) is 8.09. The molecule has 0 aromatic heterocycles. The van der Waals surface area contributed by atoms with E-state index in [1.165, 1.54) is 5.56 Å². The predicted molar refractivity (Wildman–Crippen MR) is 65.1 cm³/mol. The number of esters is 1. The van der Waals surface area contributed by atoms with E-state index >= 15 is 0 Å². The fraction of sp³-hybridized carbons (Fsp3) is 0.500. The van der Waals surface area contributed by atoms with Crippen molar-refractivity contribution in [1.82, 2.24) is 0 Å². The van der Waals surface area contributed by atoms with Crippen LogP contribution in [0.25, 0.3) is 0 Å². The fourth-order valence-corrected chi connectivity index (χ4v) is 1.59. The zero-order valence-corrected chi connectivity index (χ0v) is 10.2. The second-order valence-electron chi connectivity index (χ2n) is 3.89. The van der Waals surface area contributed by atoms with Crippen LogP contribution in [0.1, 0.15) is 44.2 Å². The topological polar surface area (TPSA) is 26.3 Å². The van der Waals surface area contributed by atoms with Crippen molar-refractivity contribution >= 4 is 5.97 Å². The zero-order valence-electron chi connectivity index (χ0n) is 10.2. The lowest BCUT2D eigenvalue weighted by molar-refractivity contribution is -0.145. The van der Waals surface area contributed by atoms with Gasteiger partial charge in [0, 0.05) is 6.42 Å². The van der Waals surface area contributed by atoms with Crippen LogP contribution in [0.4, 0.5) is 0 Å². The average Bonchev–Trinajstić information content (AvgIpc) is 2.34. The lowest BCUT2D eigenvalue weighted by Crippen LogP contribution is -2.05. The monoisotopic (exact) mass is 220 g/mol. The van der Waals surface area contributed by atoms with Crippen LogP contribution in [-0.4, -0.2) is 5.97 Å². The van der Waals surface area contributed by atoms with Crippen LogP contribution in [-0.2, 0) is 22.6 Å². The highest BCUT2D eigenvalue weighted by Gasteiger charge is 2.04. The lowest BCUT2D eigenvalue weighted by Gasteiger charge is -2.08. The Kier molecular flexibility index (Phi) is 5.62. The van der Waals surface area contributed by atoms with Crippen molar-refractivity contribution in [2.24, 2.45) is 0 Å². The lowest BCUT2D eigenvalue weighted by atomic mass is 10.1. The summed E-state index contributed by atoms with van der Waals surface area (Å²) in [6.45, 7) is 4.59. The Bertz CT molecular complexity index is 331. The van der Waals surface area contributed by atoms with Crippen LogP contribution < -0.4 is 0 Å². The van der Waals surface area contributed by atoms with Gasteiger partial charge in [-0.1, -0.05) is 44.5 Å². The van der Waals surface area contributed by atoms with Crippen LogP contribution in [0.5, 0.6) is 0 Å². The Morgan fingerprint density at radius 1 is 1.19 bits per heavy atom. The molecule has 1 aromatic carbocycles. The van der Waals surface area contributed by atoms with Crippen molar-refractivity contribution < 1.29 is 9.53 Å². The summed E-state index contributed by atoms with van der Waals surface area (Å²) in [6.07, 6.45) is 3.45. The van der Waals surface area contributed by atoms with Crippen molar-refractivity contribution in [1.29, 1.82) is 0 Å². The van der Waals surface area contributed by atoms with Gasteiger partial charge in [0.05, 0.1) is 0 Å².